The summed E-state index contributed by atoms with van der Waals surface area (Å²) >= 11 is 0. The van der Waals surface area contributed by atoms with E-state index < -0.39 is 6.09 Å². The summed E-state index contributed by atoms with van der Waals surface area (Å²) in [6, 6.07) is 23.0. The van der Waals surface area contributed by atoms with Gasteiger partial charge in [0.25, 0.3) is 0 Å². The number of halogens is 1. The van der Waals surface area contributed by atoms with E-state index in [0.717, 1.165) is 22.3 Å². The molecule has 1 heterocycles. The summed E-state index contributed by atoms with van der Waals surface area (Å²) in [4.78, 5) is 30.1. The first-order valence-corrected chi connectivity index (χ1v) is 14.9. The molecule has 2 atom stereocenters. The standard InChI is InChI=1S/C36H45N3O4.BrH/c1-35(2,3)28-18-26(19-29(32(28)41)36(4,5)6)30(40)22-39-21-27(31(33(39)37)25-16-12-9-13-17-25)20-38(7)34(42)43-23-24-14-10-8-11-15-24;/h8-19,27,31,37,41H,20-23H2,1-7H3;1H/t27-,31+;/m0./s1. The van der Waals surface area contributed by atoms with Crippen LogP contribution in [-0.4, -0.2) is 59.3 Å². The molecule has 44 heavy (non-hydrogen) atoms. The number of phenolic OH excluding ortho intramolecular Hbond substituents is 1. The summed E-state index contributed by atoms with van der Waals surface area (Å²) in [5.41, 5.74) is 3.17. The zero-order valence-electron chi connectivity index (χ0n) is 26.9. The number of likely N-dealkylation sites (tertiary alicyclic amines) is 1. The van der Waals surface area contributed by atoms with Gasteiger partial charge in [0.15, 0.2) is 5.78 Å². The van der Waals surface area contributed by atoms with Crippen LogP contribution in [0.15, 0.2) is 72.8 Å². The number of nitrogens with one attached hydrogen (secondary N) is 1. The number of carbonyl (C=O) groups excluding carboxylic acids is 2. The normalized spacial score (nSPS) is 16.8. The van der Waals surface area contributed by atoms with Crippen molar-refractivity contribution >= 4 is 34.7 Å². The second kappa shape index (κ2) is 14.0. The van der Waals surface area contributed by atoms with Crippen LogP contribution in [-0.2, 0) is 22.2 Å². The first-order valence-electron chi connectivity index (χ1n) is 14.9. The van der Waals surface area contributed by atoms with Crippen LogP contribution in [0.25, 0.3) is 0 Å². The third-order valence-corrected chi connectivity index (χ3v) is 8.13. The fourth-order valence-corrected chi connectivity index (χ4v) is 5.77. The number of amidine groups is 1. The maximum atomic E-state index is 13.8. The van der Waals surface area contributed by atoms with Gasteiger partial charge in [-0.05, 0) is 34.1 Å². The van der Waals surface area contributed by atoms with Crippen LogP contribution >= 0.6 is 17.0 Å². The number of hydrogen-bond acceptors (Lipinski definition) is 5. The zero-order chi connectivity index (χ0) is 31.5. The average Bonchev–Trinajstić information content (AvgIpc) is 3.25. The van der Waals surface area contributed by atoms with E-state index in [-0.39, 0.29) is 64.3 Å². The Hall–Kier alpha value is -3.65. The highest BCUT2D eigenvalue weighted by atomic mass is 79.9. The molecule has 2 N–H and O–H groups in total. The minimum Gasteiger partial charge on any atom is -0.507 e. The molecule has 1 fully saturated rings. The quantitative estimate of drug-likeness (QED) is 0.241. The maximum absolute atomic E-state index is 13.8. The molecule has 1 aliphatic heterocycles. The van der Waals surface area contributed by atoms with Gasteiger partial charge in [-0.25, -0.2) is 4.79 Å². The first kappa shape index (κ1) is 34.8. The number of amides is 1. The van der Waals surface area contributed by atoms with E-state index in [9.17, 15) is 14.7 Å². The third-order valence-electron chi connectivity index (χ3n) is 8.13. The van der Waals surface area contributed by atoms with Gasteiger partial charge in [-0.2, -0.15) is 0 Å². The number of carbonyl (C=O) groups is 2. The Morgan fingerprint density at radius 3 is 1.98 bits per heavy atom. The molecule has 0 bridgehead atoms. The van der Waals surface area contributed by atoms with Crippen molar-refractivity contribution in [3.63, 3.8) is 0 Å². The lowest BCUT2D eigenvalue weighted by Gasteiger charge is -2.28. The Bertz CT molecular complexity index is 1430. The van der Waals surface area contributed by atoms with Crippen LogP contribution in [0.5, 0.6) is 5.75 Å². The largest absolute Gasteiger partial charge is 0.507 e. The predicted octanol–water partition coefficient (Wildman–Crippen LogP) is 7.71. The van der Waals surface area contributed by atoms with Crippen LogP contribution < -0.4 is 0 Å². The summed E-state index contributed by atoms with van der Waals surface area (Å²) in [7, 11) is 1.71. The molecule has 3 aromatic carbocycles. The second-order valence-electron chi connectivity index (χ2n) is 13.7. The Balaban J connectivity index is 0.00000529. The molecular weight excluding hydrogens is 618 g/mol. The molecule has 4 rings (SSSR count). The second-order valence-corrected chi connectivity index (χ2v) is 13.7. The molecule has 3 aromatic rings. The highest BCUT2D eigenvalue weighted by molar-refractivity contribution is 8.93. The van der Waals surface area contributed by atoms with Gasteiger partial charge in [-0.3, -0.25) is 10.2 Å². The number of ketones is 1. The van der Waals surface area contributed by atoms with Crippen LogP contribution in [0.3, 0.4) is 0 Å². The summed E-state index contributed by atoms with van der Waals surface area (Å²) < 4.78 is 5.55. The topological polar surface area (TPSA) is 93.9 Å². The number of ether oxygens (including phenoxy) is 1. The number of phenols is 1. The summed E-state index contributed by atoms with van der Waals surface area (Å²) in [5.74, 6) is 0.114. The number of benzene rings is 3. The van der Waals surface area contributed by atoms with Crippen molar-refractivity contribution in [1.82, 2.24) is 9.80 Å². The minimum absolute atomic E-state index is 0. The van der Waals surface area contributed by atoms with E-state index in [0.29, 0.717) is 24.5 Å². The Labute approximate surface area is 272 Å². The molecule has 0 radical (unpaired) electrons. The Morgan fingerprint density at radius 2 is 1.45 bits per heavy atom. The van der Waals surface area contributed by atoms with Crippen LogP contribution in [0.1, 0.15) is 80.1 Å². The minimum atomic E-state index is -0.426. The fourth-order valence-electron chi connectivity index (χ4n) is 5.77. The number of aromatic hydroxyl groups is 1. The van der Waals surface area contributed by atoms with Gasteiger partial charge >= 0.3 is 6.09 Å². The highest BCUT2D eigenvalue weighted by Crippen LogP contribution is 2.40. The van der Waals surface area contributed by atoms with Gasteiger partial charge in [0.05, 0.1) is 6.54 Å². The summed E-state index contributed by atoms with van der Waals surface area (Å²) in [6.07, 6.45) is -0.426. The smallest absolute Gasteiger partial charge is 0.409 e. The van der Waals surface area contributed by atoms with E-state index in [1.807, 2.05) is 107 Å². The number of Topliss-reactive ketones (excluding diaryl/α,β-unsaturated/α-hetero) is 1. The van der Waals surface area contributed by atoms with Gasteiger partial charge in [0.2, 0.25) is 0 Å². The first-order chi connectivity index (χ1) is 20.2. The number of nitrogens with zero attached hydrogens (tertiary/aromatic N) is 2. The molecule has 0 unspecified atom stereocenters. The van der Waals surface area contributed by atoms with Crippen LogP contribution in [0.2, 0.25) is 0 Å². The molecule has 7 nitrogen and oxygen atoms in total. The molecule has 236 valence electrons. The molecular formula is C36H46BrN3O4. The zero-order valence-corrected chi connectivity index (χ0v) is 28.6. The molecule has 0 saturated carbocycles. The maximum Gasteiger partial charge on any atom is 0.409 e. The van der Waals surface area contributed by atoms with Crippen molar-refractivity contribution < 1.29 is 19.4 Å². The van der Waals surface area contributed by atoms with Gasteiger partial charge in [0.1, 0.15) is 18.2 Å². The lowest BCUT2D eigenvalue weighted by Crippen LogP contribution is -2.35. The molecule has 8 heteroatoms. The van der Waals surface area contributed by atoms with Crippen LogP contribution in [0.4, 0.5) is 4.79 Å². The van der Waals surface area contributed by atoms with Crippen molar-refractivity contribution in [3.05, 3.63) is 101 Å². The van der Waals surface area contributed by atoms with Crippen molar-refractivity contribution in [3.8, 4) is 5.75 Å². The lowest BCUT2D eigenvalue weighted by molar-refractivity contribution is 0.0940. The molecule has 1 saturated heterocycles. The van der Waals surface area contributed by atoms with Gasteiger partial charge in [0, 0.05) is 48.7 Å². The van der Waals surface area contributed by atoms with Crippen molar-refractivity contribution in [2.75, 3.05) is 26.7 Å². The predicted molar refractivity (Wildman–Crippen MR) is 181 cm³/mol. The summed E-state index contributed by atoms with van der Waals surface area (Å²) in [5, 5.41) is 20.3. The van der Waals surface area contributed by atoms with Gasteiger partial charge in [-0.15, -0.1) is 17.0 Å². The van der Waals surface area contributed by atoms with E-state index in [2.05, 4.69) is 0 Å². The number of rotatable bonds is 8. The monoisotopic (exact) mass is 663 g/mol. The van der Waals surface area contributed by atoms with E-state index in [4.69, 9.17) is 10.1 Å². The number of hydrogen-bond donors (Lipinski definition) is 2. The van der Waals surface area contributed by atoms with E-state index >= 15 is 0 Å². The third kappa shape index (κ3) is 8.08. The molecule has 0 aliphatic carbocycles. The van der Waals surface area contributed by atoms with E-state index in [1.165, 1.54) is 0 Å². The molecule has 1 amide bonds. The Kier molecular flexibility index (Phi) is 11.1. The van der Waals surface area contributed by atoms with Crippen LogP contribution in [0, 0.1) is 11.3 Å². The SMILES string of the molecule is Br.CN(C[C@H]1CN(CC(=O)c2cc(C(C)(C)C)c(O)c(C(C)(C)C)c2)C(=N)[C@@H]1c1ccccc1)C(=O)OCc1ccccc1. The summed E-state index contributed by atoms with van der Waals surface area (Å²) in [6.45, 7) is 13.2. The highest BCUT2D eigenvalue weighted by Gasteiger charge is 2.40. The lowest BCUT2D eigenvalue weighted by atomic mass is 9.78. The van der Waals surface area contributed by atoms with E-state index in [1.54, 1.807) is 24.1 Å². The van der Waals surface area contributed by atoms with Crippen molar-refractivity contribution in [2.24, 2.45) is 5.92 Å². The van der Waals surface area contributed by atoms with Crippen molar-refractivity contribution in [1.29, 1.82) is 5.41 Å². The van der Waals surface area contributed by atoms with Gasteiger partial charge in [-0.1, -0.05) is 102 Å². The average molecular weight is 665 g/mol. The van der Waals surface area contributed by atoms with Crippen molar-refractivity contribution in [2.45, 2.75) is 64.9 Å². The fraction of sp³-hybridized carbons (Fsp3) is 0.417. The molecule has 0 spiro atoms. The molecule has 1 aliphatic rings. The van der Waals surface area contributed by atoms with Gasteiger partial charge < -0.3 is 19.6 Å². The molecule has 0 aromatic heterocycles. The Morgan fingerprint density at radius 1 is 0.932 bits per heavy atom.